The molecule has 0 aliphatic heterocycles. The lowest BCUT2D eigenvalue weighted by atomic mass is 10.1. The van der Waals surface area contributed by atoms with Crippen LogP contribution in [0.25, 0.3) is 0 Å². The molecule has 90 valence electrons. The molecule has 0 saturated heterocycles. The van der Waals surface area contributed by atoms with Crippen LogP contribution in [0, 0.1) is 0 Å². The molecule has 0 fully saturated rings. The summed E-state index contributed by atoms with van der Waals surface area (Å²) in [7, 11) is -0.874. The summed E-state index contributed by atoms with van der Waals surface area (Å²) in [6.07, 6.45) is 3.84. The van der Waals surface area contributed by atoms with Gasteiger partial charge in [-0.15, -0.1) is 0 Å². The number of rotatable bonds is 7. The van der Waals surface area contributed by atoms with Crippen molar-refractivity contribution >= 4 is 16.7 Å². The minimum absolute atomic E-state index is 0.0443. The maximum absolute atomic E-state index is 11.4. The van der Waals surface area contributed by atoms with E-state index in [0.717, 1.165) is 12.8 Å². The molecule has 15 heavy (non-hydrogen) atoms. The summed E-state index contributed by atoms with van der Waals surface area (Å²) in [5, 5.41) is 2.79. The van der Waals surface area contributed by atoms with Crippen LogP contribution in [-0.2, 0) is 15.6 Å². The standard InChI is InChI=1S/C10H22N2O2S/c1-4-5-9(11)6-10(13)12-8(2)7-15(3)14/h8-9H,4-7,11H2,1-3H3,(H,12,13). The molecule has 3 unspecified atom stereocenters. The van der Waals surface area contributed by atoms with Crippen LogP contribution in [-0.4, -0.2) is 34.2 Å². The van der Waals surface area contributed by atoms with Crippen molar-refractivity contribution in [2.75, 3.05) is 12.0 Å². The first-order chi connectivity index (χ1) is 6.95. The van der Waals surface area contributed by atoms with E-state index in [4.69, 9.17) is 5.73 Å². The van der Waals surface area contributed by atoms with Gasteiger partial charge in [0, 0.05) is 41.3 Å². The topological polar surface area (TPSA) is 72.2 Å². The number of hydrogen-bond donors (Lipinski definition) is 2. The Bertz CT molecular complexity index is 221. The summed E-state index contributed by atoms with van der Waals surface area (Å²) in [4.78, 5) is 11.4. The van der Waals surface area contributed by atoms with E-state index >= 15 is 0 Å². The molecular weight excluding hydrogens is 212 g/mol. The number of nitrogens with one attached hydrogen (secondary N) is 1. The van der Waals surface area contributed by atoms with Crippen LogP contribution >= 0.6 is 0 Å². The van der Waals surface area contributed by atoms with Crippen LogP contribution in [0.2, 0.25) is 0 Å². The minimum Gasteiger partial charge on any atom is -0.353 e. The van der Waals surface area contributed by atoms with Crippen molar-refractivity contribution in [3.8, 4) is 0 Å². The number of carbonyl (C=O) groups excluding carboxylic acids is 1. The highest BCUT2D eigenvalue weighted by Crippen LogP contribution is 1.98. The largest absolute Gasteiger partial charge is 0.353 e. The third-order valence-electron chi connectivity index (χ3n) is 2.00. The highest BCUT2D eigenvalue weighted by Gasteiger charge is 2.12. The van der Waals surface area contributed by atoms with Gasteiger partial charge in [0.1, 0.15) is 0 Å². The van der Waals surface area contributed by atoms with Gasteiger partial charge in [0.2, 0.25) is 5.91 Å². The summed E-state index contributed by atoms with van der Waals surface area (Å²) < 4.78 is 10.9. The van der Waals surface area contributed by atoms with E-state index in [9.17, 15) is 9.00 Å². The lowest BCUT2D eigenvalue weighted by Crippen LogP contribution is -2.39. The van der Waals surface area contributed by atoms with Gasteiger partial charge < -0.3 is 11.1 Å². The fourth-order valence-electron chi connectivity index (χ4n) is 1.44. The normalized spacial score (nSPS) is 16.8. The first-order valence-corrected chi connectivity index (χ1v) is 7.03. The molecule has 0 spiro atoms. The molecule has 1 amide bonds. The van der Waals surface area contributed by atoms with Gasteiger partial charge >= 0.3 is 0 Å². The highest BCUT2D eigenvalue weighted by atomic mass is 32.2. The average molecular weight is 234 g/mol. The number of carbonyl (C=O) groups is 1. The average Bonchev–Trinajstić information content (AvgIpc) is 2.00. The second-order valence-electron chi connectivity index (χ2n) is 3.96. The van der Waals surface area contributed by atoms with E-state index in [1.807, 2.05) is 13.8 Å². The highest BCUT2D eigenvalue weighted by molar-refractivity contribution is 7.84. The van der Waals surface area contributed by atoms with Gasteiger partial charge in [-0.2, -0.15) is 0 Å². The van der Waals surface area contributed by atoms with Crippen molar-refractivity contribution < 1.29 is 9.00 Å². The quantitative estimate of drug-likeness (QED) is 0.669. The second-order valence-corrected chi connectivity index (χ2v) is 5.44. The molecule has 0 heterocycles. The zero-order valence-corrected chi connectivity index (χ0v) is 10.6. The third kappa shape index (κ3) is 8.57. The first kappa shape index (κ1) is 14.6. The zero-order valence-electron chi connectivity index (χ0n) is 9.79. The Morgan fingerprint density at radius 3 is 2.60 bits per heavy atom. The lowest BCUT2D eigenvalue weighted by Gasteiger charge is -2.14. The lowest BCUT2D eigenvalue weighted by molar-refractivity contribution is -0.121. The van der Waals surface area contributed by atoms with Crippen molar-refractivity contribution in [3.05, 3.63) is 0 Å². The summed E-state index contributed by atoms with van der Waals surface area (Å²) in [6, 6.07) is -0.105. The van der Waals surface area contributed by atoms with Crippen LogP contribution in [0.3, 0.4) is 0 Å². The van der Waals surface area contributed by atoms with Crippen LogP contribution in [0.1, 0.15) is 33.1 Å². The summed E-state index contributed by atoms with van der Waals surface area (Å²) >= 11 is 0. The SMILES string of the molecule is CCCC(N)CC(=O)NC(C)CS(C)=O. The number of hydrogen-bond acceptors (Lipinski definition) is 3. The van der Waals surface area contributed by atoms with Gasteiger partial charge in [0.15, 0.2) is 0 Å². The minimum atomic E-state index is -0.874. The van der Waals surface area contributed by atoms with Crippen LogP contribution in [0.15, 0.2) is 0 Å². The van der Waals surface area contributed by atoms with Crippen molar-refractivity contribution in [1.29, 1.82) is 0 Å². The molecule has 0 aromatic carbocycles. The maximum Gasteiger partial charge on any atom is 0.221 e. The van der Waals surface area contributed by atoms with Gasteiger partial charge in [0.25, 0.3) is 0 Å². The second kappa shape index (κ2) is 7.82. The molecule has 3 atom stereocenters. The monoisotopic (exact) mass is 234 g/mol. The Balaban J connectivity index is 3.77. The molecule has 0 saturated carbocycles. The van der Waals surface area contributed by atoms with Crippen LogP contribution in [0.4, 0.5) is 0 Å². The molecule has 0 rings (SSSR count). The molecule has 0 aliphatic carbocycles. The van der Waals surface area contributed by atoms with Gasteiger partial charge in [-0.3, -0.25) is 9.00 Å². The van der Waals surface area contributed by atoms with E-state index in [1.54, 1.807) is 6.26 Å². The summed E-state index contributed by atoms with van der Waals surface area (Å²) in [6.45, 7) is 3.89. The molecule has 3 N–H and O–H groups in total. The van der Waals surface area contributed by atoms with Gasteiger partial charge in [-0.1, -0.05) is 13.3 Å². The van der Waals surface area contributed by atoms with Crippen LogP contribution in [0.5, 0.6) is 0 Å². The Morgan fingerprint density at radius 2 is 2.13 bits per heavy atom. The molecule has 0 aromatic heterocycles. The summed E-state index contributed by atoms with van der Waals surface area (Å²) in [5.74, 6) is 0.447. The molecule has 0 aliphatic rings. The summed E-state index contributed by atoms with van der Waals surface area (Å²) in [5.41, 5.74) is 5.74. The van der Waals surface area contributed by atoms with Crippen molar-refractivity contribution in [3.63, 3.8) is 0 Å². The Morgan fingerprint density at radius 1 is 1.53 bits per heavy atom. The fraction of sp³-hybridized carbons (Fsp3) is 0.900. The van der Waals surface area contributed by atoms with Crippen LogP contribution < -0.4 is 11.1 Å². The third-order valence-corrected chi connectivity index (χ3v) is 2.97. The van der Waals surface area contributed by atoms with Crippen molar-refractivity contribution in [1.82, 2.24) is 5.32 Å². The molecule has 0 aromatic rings. The van der Waals surface area contributed by atoms with E-state index in [1.165, 1.54) is 0 Å². The Labute approximate surface area is 94.4 Å². The predicted octanol–water partition coefficient (Wildman–Crippen LogP) is 0.387. The van der Waals surface area contributed by atoms with Gasteiger partial charge in [-0.05, 0) is 13.3 Å². The van der Waals surface area contributed by atoms with Crippen molar-refractivity contribution in [2.45, 2.75) is 45.2 Å². The molecule has 0 radical (unpaired) electrons. The fourth-order valence-corrected chi connectivity index (χ4v) is 2.23. The van der Waals surface area contributed by atoms with E-state index in [2.05, 4.69) is 5.32 Å². The molecular formula is C10H22N2O2S. The number of amides is 1. The van der Waals surface area contributed by atoms with E-state index in [0.29, 0.717) is 12.2 Å². The Kier molecular flexibility index (Phi) is 7.60. The molecule has 4 nitrogen and oxygen atoms in total. The predicted molar refractivity (Wildman–Crippen MR) is 64.0 cm³/mol. The molecule has 5 heteroatoms. The van der Waals surface area contributed by atoms with Crippen molar-refractivity contribution in [2.24, 2.45) is 5.73 Å². The molecule has 0 bridgehead atoms. The Hall–Kier alpha value is -0.420. The van der Waals surface area contributed by atoms with E-state index < -0.39 is 10.8 Å². The zero-order chi connectivity index (χ0) is 11.8. The maximum atomic E-state index is 11.4. The van der Waals surface area contributed by atoms with Gasteiger partial charge in [0.05, 0.1) is 0 Å². The number of nitrogens with two attached hydrogens (primary N) is 1. The smallest absolute Gasteiger partial charge is 0.221 e. The van der Waals surface area contributed by atoms with E-state index in [-0.39, 0.29) is 18.0 Å². The van der Waals surface area contributed by atoms with Gasteiger partial charge in [-0.25, -0.2) is 0 Å². The first-order valence-electron chi connectivity index (χ1n) is 5.30.